The average Bonchev–Trinajstić information content (AvgIpc) is 2.60. The van der Waals surface area contributed by atoms with Crippen LogP contribution < -0.4 is 15.8 Å². The summed E-state index contributed by atoms with van der Waals surface area (Å²) in [7, 11) is 0. The van der Waals surface area contributed by atoms with Crippen LogP contribution in [-0.2, 0) is 22.6 Å². The highest BCUT2D eigenvalue weighted by atomic mass is 16.5. The number of hydrogen-bond acceptors (Lipinski definition) is 3. The number of primary amides is 1. The van der Waals surface area contributed by atoms with Crippen molar-refractivity contribution in [2.24, 2.45) is 11.7 Å². The Morgan fingerprint density at radius 3 is 2.38 bits per heavy atom. The van der Waals surface area contributed by atoms with Crippen molar-refractivity contribution in [3.63, 3.8) is 0 Å². The van der Waals surface area contributed by atoms with Crippen LogP contribution in [-0.4, -0.2) is 17.9 Å². The molecule has 5 nitrogen and oxygen atoms in total. The highest BCUT2D eigenvalue weighted by molar-refractivity contribution is 5.86. The summed E-state index contributed by atoms with van der Waals surface area (Å²) in [5.41, 5.74) is 7.41. The summed E-state index contributed by atoms with van der Waals surface area (Å²) in [5.74, 6) is 0.222. The smallest absolute Gasteiger partial charge is 0.240 e. The third-order valence-electron chi connectivity index (χ3n) is 3.86. The van der Waals surface area contributed by atoms with Gasteiger partial charge in [-0.1, -0.05) is 56.3 Å². The zero-order valence-electron chi connectivity index (χ0n) is 15.3. The van der Waals surface area contributed by atoms with Gasteiger partial charge >= 0.3 is 0 Å². The summed E-state index contributed by atoms with van der Waals surface area (Å²) in [6.45, 7) is 4.37. The first kappa shape index (κ1) is 19.5. The van der Waals surface area contributed by atoms with Gasteiger partial charge in [0.05, 0.1) is 0 Å². The third kappa shape index (κ3) is 6.59. The number of rotatable bonds is 9. The Morgan fingerprint density at radius 2 is 1.73 bits per heavy atom. The Labute approximate surface area is 154 Å². The number of benzene rings is 2. The molecule has 0 fully saturated rings. The van der Waals surface area contributed by atoms with Crippen LogP contribution in [0.15, 0.2) is 54.6 Å². The molecule has 0 aliphatic carbocycles. The second-order valence-electron chi connectivity index (χ2n) is 6.75. The van der Waals surface area contributed by atoms with Crippen LogP contribution in [0.1, 0.15) is 31.4 Å². The molecule has 26 heavy (non-hydrogen) atoms. The standard InChI is InChI=1S/C21H26N2O3/c1-15(2)11-20(24)23-19(21(22)25)13-17-9-6-10-18(12-17)26-14-16-7-4-3-5-8-16/h3-10,12,15,19H,11,13-14H2,1-2H3,(H2,22,25)(H,23,24)/t19-/m0/s1. The van der Waals surface area contributed by atoms with Gasteiger partial charge in [0.25, 0.3) is 0 Å². The first-order valence-electron chi connectivity index (χ1n) is 8.78. The van der Waals surface area contributed by atoms with Crippen molar-refractivity contribution in [3.05, 3.63) is 65.7 Å². The first-order chi connectivity index (χ1) is 12.4. The summed E-state index contributed by atoms with van der Waals surface area (Å²) >= 11 is 0. The van der Waals surface area contributed by atoms with E-state index in [0.717, 1.165) is 11.1 Å². The lowest BCUT2D eigenvalue weighted by atomic mass is 10.0. The fourth-order valence-electron chi connectivity index (χ4n) is 2.59. The lowest BCUT2D eigenvalue weighted by Gasteiger charge is -2.17. The number of nitrogens with two attached hydrogens (primary N) is 1. The van der Waals surface area contributed by atoms with Crippen molar-refractivity contribution in [2.75, 3.05) is 0 Å². The molecule has 0 unspecified atom stereocenters. The normalized spacial score (nSPS) is 11.8. The van der Waals surface area contributed by atoms with Gasteiger partial charge in [-0.05, 0) is 29.2 Å². The zero-order chi connectivity index (χ0) is 18.9. The molecule has 0 radical (unpaired) electrons. The van der Waals surface area contributed by atoms with E-state index in [0.29, 0.717) is 25.2 Å². The van der Waals surface area contributed by atoms with E-state index in [1.165, 1.54) is 0 Å². The lowest BCUT2D eigenvalue weighted by molar-refractivity contribution is -0.127. The van der Waals surface area contributed by atoms with Crippen molar-refractivity contribution < 1.29 is 14.3 Å². The Hall–Kier alpha value is -2.82. The van der Waals surface area contributed by atoms with Crippen molar-refractivity contribution in [1.29, 1.82) is 0 Å². The number of carbonyl (C=O) groups excluding carboxylic acids is 2. The second-order valence-corrected chi connectivity index (χ2v) is 6.75. The van der Waals surface area contributed by atoms with Gasteiger partial charge in [-0.15, -0.1) is 0 Å². The third-order valence-corrected chi connectivity index (χ3v) is 3.86. The molecule has 2 aromatic carbocycles. The van der Waals surface area contributed by atoms with Crippen LogP contribution in [0, 0.1) is 5.92 Å². The van der Waals surface area contributed by atoms with Crippen LogP contribution in [0.25, 0.3) is 0 Å². The van der Waals surface area contributed by atoms with E-state index >= 15 is 0 Å². The highest BCUT2D eigenvalue weighted by Gasteiger charge is 2.19. The lowest BCUT2D eigenvalue weighted by Crippen LogP contribution is -2.46. The molecular formula is C21H26N2O3. The van der Waals surface area contributed by atoms with Gasteiger partial charge < -0.3 is 15.8 Å². The van der Waals surface area contributed by atoms with E-state index in [1.54, 1.807) is 0 Å². The minimum Gasteiger partial charge on any atom is -0.489 e. The first-order valence-corrected chi connectivity index (χ1v) is 8.78. The fraction of sp³-hybridized carbons (Fsp3) is 0.333. The van der Waals surface area contributed by atoms with Crippen LogP contribution in [0.5, 0.6) is 5.75 Å². The molecule has 0 aliphatic rings. The van der Waals surface area contributed by atoms with Gasteiger partial charge in [0.2, 0.25) is 11.8 Å². The van der Waals surface area contributed by atoms with Crippen molar-refractivity contribution >= 4 is 11.8 Å². The Bertz CT molecular complexity index is 729. The number of nitrogens with one attached hydrogen (secondary N) is 1. The van der Waals surface area contributed by atoms with E-state index < -0.39 is 11.9 Å². The van der Waals surface area contributed by atoms with Gasteiger partial charge in [-0.2, -0.15) is 0 Å². The van der Waals surface area contributed by atoms with Gasteiger partial charge in [0.1, 0.15) is 18.4 Å². The summed E-state index contributed by atoms with van der Waals surface area (Å²) < 4.78 is 5.80. The molecule has 2 aromatic rings. The van der Waals surface area contributed by atoms with Crippen molar-refractivity contribution in [3.8, 4) is 5.75 Å². The molecule has 1 atom stereocenters. The van der Waals surface area contributed by atoms with E-state index in [4.69, 9.17) is 10.5 Å². The summed E-state index contributed by atoms with van der Waals surface area (Å²) in [6.07, 6.45) is 0.700. The highest BCUT2D eigenvalue weighted by Crippen LogP contribution is 2.16. The predicted octanol–water partition coefficient (Wildman–Crippen LogP) is 2.82. The number of hydrogen-bond donors (Lipinski definition) is 2. The SMILES string of the molecule is CC(C)CC(=O)N[C@@H](Cc1cccc(OCc2ccccc2)c1)C(N)=O. The molecule has 0 saturated carbocycles. The van der Waals surface area contributed by atoms with E-state index in [9.17, 15) is 9.59 Å². The van der Waals surface area contributed by atoms with E-state index in [-0.39, 0.29) is 11.8 Å². The fourth-order valence-corrected chi connectivity index (χ4v) is 2.59. The molecule has 2 amide bonds. The van der Waals surface area contributed by atoms with Crippen LogP contribution in [0.3, 0.4) is 0 Å². The minimum absolute atomic E-state index is 0.166. The molecule has 138 valence electrons. The molecular weight excluding hydrogens is 328 g/mol. The number of amides is 2. The van der Waals surface area contributed by atoms with Crippen LogP contribution >= 0.6 is 0 Å². The minimum atomic E-state index is -0.731. The monoisotopic (exact) mass is 354 g/mol. The molecule has 2 rings (SSSR count). The van der Waals surface area contributed by atoms with Gasteiger partial charge in [0, 0.05) is 12.8 Å². The Balaban J connectivity index is 1.98. The van der Waals surface area contributed by atoms with Gasteiger partial charge in [0.15, 0.2) is 0 Å². The molecule has 5 heteroatoms. The summed E-state index contributed by atoms with van der Waals surface area (Å²) in [4.78, 5) is 23.6. The topological polar surface area (TPSA) is 81.4 Å². The van der Waals surface area contributed by atoms with E-state index in [1.807, 2.05) is 68.4 Å². The van der Waals surface area contributed by atoms with Crippen LogP contribution in [0.4, 0.5) is 0 Å². The molecule has 0 aromatic heterocycles. The molecule has 0 spiro atoms. The van der Waals surface area contributed by atoms with Gasteiger partial charge in [-0.3, -0.25) is 9.59 Å². The molecule has 0 aliphatic heterocycles. The average molecular weight is 354 g/mol. The van der Waals surface area contributed by atoms with E-state index in [2.05, 4.69) is 5.32 Å². The maximum absolute atomic E-state index is 11.9. The molecule has 3 N–H and O–H groups in total. The number of carbonyl (C=O) groups is 2. The quantitative estimate of drug-likeness (QED) is 0.726. The van der Waals surface area contributed by atoms with Gasteiger partial charge in [-0.25, -0.2) is 0 Å². The largest absolute Gasteiger partial charge is 0.489 e. The maximum atomic E-state index is 11.9. The second kappa shape index (κ2) is 9.61. The molecule has 0 saturated heterocycles. The number of ether oxygens (including phenoxy) is 1. The molecule has 0 bridgehead atoms. The van der Waals surface area contributed by atoms with Crippen molar-refractivity contribution in [2.45, 2.75) is 39.3 Å². The summed E-state index contributed by atoms with van der Waals surface area (Å²) in [5, 5.41) is 2.72. The Kier molecular flexibility index (Phi) is 7.21. The zero-order valence-corrected chi connectivity index (χ0v) is 15.3. The predicted molar refractivity (Wildman–Crippen MR) is 102 cm³/mol. The molecule has 0 heterocycles. The Morgan fingerprint density at radius 1 is 1.04 bits per heavy atom. The van der Waals surface area contributed by atoms with Crippen LogP contribution in [0.2, 0.25) is 0 Å². The summed E-state index contributed by atoms with van der Waals surface area (Å²) in [6, 6.07) is 16.6. The van der Waals surface area contributed by atoms with Crippen molar-refractivity contribution in [1.82, 2.24) is 5.32 Å². The maximum Gasteiger partial charge on any atom is 0.240 e.